The van der Waals surface area contributed by atoms with Crippen molar-refractivity contribution < 1.29 is 10.0 Å². The van der Waals surface area contributed by atoms with E-state index in [1.165, 1.54) is 0 Å². The number of aromatic nitrogens is 2. The first-order chi connectivity index (χ1) is 9.78. The van der Waals surface area contributed by atoms with Crippen LogP contribution in [-0.2, 0) is 6.54 Å². The average Bonchev–Trinajstić information content (AvgIpc) is 2.91. The topological polar surface area (TPSA) is 67.2 Å². The van der Waals surface area contributed by atoms with Gasteiger partial charge in [0.2, 0.25) is 0 Å². The maximum atomic E-state index is 11.2. The van der Waals surface area contributed by atoms with Gasteiger partial charge in [-0.15, -0.1) is 0 Å². The van der Waals surface area contributed by atoms with E-state index in [2.05, 4.69) is 9.55 Å². The first-order valence-electron chi connectivity index (χ1n) is 6.21. The van der Waals surface area contributed by atoms with Gasteiger partial charge in [-0.25, -0.2) is 10.5 Å². The zero-order valence-corrected chi connectivity index (χ0v) is 10.7. The second-order valence-corrected chi connectivity index (χ2v) is 4.50. The summed E-state index contributed by atoms with van der Waals surface area (Å²) in [5, 5.41) is 9.67. The number of amides is 1. The van der Waals surface area contributed by atoms with Crippen LogP contribution in [0.3, 0.4) is 0 Å². The van der Waals surface area contributed by atoms with E-state index in [4.69, 9.17) is 5.21 Å². The predicted molar refractivity (Wildman–Crippen MR) is 74.5 cm³/mol. The van der Waals surface area contributed by atoms with Crippen LogP contribution in [0.15, 0.2) is 54.9 Å². The Kier molecular flexibility index (Phi) is 3.18. The van der Waals surface area contributed by atoms with Crippen molar-refractivity contribution in [1.29, 1.82) is 0 Å². The van der Waals surface area contributed by atoms with Crippen molar-refractivity contribution in [2.24, 2.45) is 0 Å². The summed E-state index contributed by atoms with van der Waals surface area (Å²) in [7, 11) is 0. The van der Waals surface area contributed by atoms with Crippen molar-refractivity contribution in [2.75, 3.05) is 0 Å². The van der Waals surface area contributed by atoms with Gasteiger partial charge in [0.05, 0.1) is 0 Å². The fraction of sp³-hybridized carbons (Fsp3) is 0.0667. The lowest BCUT2D eigenvalue weighted by molar-refractivity contribution is 0.0706. The van der Waals surface area contributed by atoms with Crippen LogP contribution in [0.25, 0.3) is 11.0 Å². The predicted octanol–water partition coefficient (Wildman–Crippen LogP) is 2.20. The summed E-state index contributed by atoms with van der Waals surface area (Å²) in [6.45, 7) is 0.682. The SMILES string of the molecule is O=C(NO)c1ccc(Cn2ccc3cccnc32)cc1. The van der Waals surface area contributed by atoms with Gasteiger partial charge in [0.25, 0.3) is 5.91 Å². The smallest absolute Gasteiger partial charge is 0.274 e. The molecule has 3 aromatic rings. The molecule has 0 bridgehead atoms. The van der Waals surface area contributed by atoms with Crippen LogP contribution in [0.1, 0.15) is 15.9 Å². The third-order valence-electron chi connectivity index (χ3n) is 3.19. The number of carbonyl (C=O) groups is 1. The van der Waals surface area contributed by atoms with Gasteiger partial charge in [0.15, 0.2) is 0 Å². The summed E-state index contributed by atoms with van der Waals surface area (Å²) >= 11 is 0. The first-order valence-corrected chi connectivity index (χ1v) is 6.21. The van der Waals surface area contributed by atoms with E-state index in [1.807, 2.05) is 36.5 Å². The molecule has 5 heteroatoms. The summed E-state index contributed by atoms with van der Waals surface area (Å²) in [5.41, 5.74) is 4.03. The molecule has 0 radical (unpaired) electrons. The van der Waals surface area contributed by atoms with Gasteiger partial charge in [-0.1, -0.05) is 12.1 Å². The van der Waals surface area contributed by atoms with E-state index in [0.717, 1.165) is 16.6 Å². The standard InChI is InChI=1S/C15H13N3O2/c19-15(17-20)13-5-3-11(4-6-13)10-18-9-7-12-2-1-8-16-14(12)18/h1-9,20H,10H2,(H,17,19). The summed E-state index contributed by atoms with van der Waals surface area (Å²) < 4.78 is 2.05. The number of hydrogen-bond donors (Lipinski definition) is 2. The number of carbonyl (C=O) groups excluding carboxylic acids is 1. The highest BCUT2D eigenvalue weighted by atomic mass is 16.5. The largest absolute Gasteiger partial charge is 0.328 e. The lowest BCUT2D eigenvalue weighted by Crippen LogP contribution is -2.18. The normalized spacial score (nSPS) is 10.7. The van der Waals surface area contributed by atoms with E-state index in [0.29, 0.717) is 12.1 Å². The minimum atomic E-state index is -0.510. The van der Waals surface area contributed by atoms with Crippen LogP contribution < -0.4 is 5.48 Å². The fourth-order valence-corrected chi connectivity index (χ4v) is 2.17. The molecule has 2 N–H and O–H groups in total. The van der Waals surface area contributed by atoms with Crippen molar-refractivity contribution in [3.8, 4) is 0 Å². The number of benzene rings is 1. The maximum Gasteiger partial charge on any atom is 0.274 e. The number of hydroxylamine groups is 1. The molecule has 0 saturated carbocycles. The van der Waals surface area contributed by atoms with E-state index >= 15 is 0 Å². The van der Waals surface area contributed by atoms with E-state index < -0.39 is 5.91 Å². The monoisotopic (exact) mass is 267 g/mol. The van der Waals surface area contributed by atoms with Crippen LogP contribution in [0.2, 0.25) is 0 Å². The average molecular weight is 267 g/mol. The van der Waals surface area contributed by atoms with Crippen LogP contribution in [0.4, 0.5) is 0 Å². The quantitative estimate of drug-likeness (QED) is 0.564. The minimum Gasteiger partial charge on any atom is -0.328 e. The van der Waals surface area contributed by atoms with Crippen molar-refractivity contribution in [2.45, 2.75) is 6.54 Å². The van der Waals surface area contributed by atoms with Crippen LogP contribution >= 0.6 is 0 Å². The summed E-state index contributed by atoms with van der Waals surface area (Å²) in [6.07, 6.45) is 3.76. The van der Waals surface area contributed by atoms with E-state index in [9.17, 15) is 4.79 Å². The number of rotatable bonds is 3. The van der Waals surface area contributed by atoms with Gasteiger partial charge in [0, 0.05) is 29.9 Å². The first kappa shape index (κ1) is 12.4. The molecule has 5 nitrogen and oxygen atoms in total. The Bertz CT molecular complexity index is 747. The molecule has 1 aromatic carbocycles. The lowest BCUT2D eigenvalue weighted by atomic mass is 10.1. The Balaban J connectivity index is 1.86. The Morgan fingerprint density at radius 1 is 1.20 bits per heavy atom. The summed E-state index contributed by atoms with van der Waals surface area (Å²) in [6, 6.07) is 13.0. The molecule has 0 aliphatic heterocycles. The molecule has 0 aliphatic carbocycles. The minimum absolute atomic E-state index is 0.423. The molecule has 0 atom stereocenters. The van der Waals surface area contributed by atoms with Gasteiger partial charge in [0.1, 0.15) is 5.65 Å². The van der Waals surface area contributed by atoms with Crippen molar-refractivity contribution in [3.05, 3.63) is 66.0 Å². The van der Waals surface area contributed by atoms with Gasteiger partial charge < -0.3 is 4.57 Å². The Labute approximate surface area is 115 Å². The second kappa shape index (κ2) is 5.14. The summed E-state index contributed by atoms with van der Waals surface area (Å²) in [5.74, 6) is -0.510. The third kappa shape index (κ3) is 2.26. The Morgan fingerprint density at radius 3 is 2.75 bits per heavy atom. The highest BCUT2D eigenvalue weighted by molar-refractivity contribution is 5.93. The van der Waals surface area contributed by atoms with E-state index in [-0.39, 0.29) is 0 Å². The zero-order valence-electron chi connectivity index (χ0n) is 10.7. The third-order valence-corrected chi connectivity index (χ3v) is 3.19. The molecule has 2 heterocycles. The number of pyridine rings is 1. The molecular formula is C15H13N3O2. The number of fused-ring (bicyclic) bond motifs is 1. The van der Waals surface area contributed by atoms with Crippen LogP contribution in [-0.4, -0.2) is 20.7 Å². The van der Waals surface area contributed by atoms with Gasteiger partial charge in [-0.3, -0.25) is 10.0 Å². The number of nitrogens with zero attached hydrogens (tertiary/aromatic N) is 2. The Hall–Kier alpha value is -2.66. The molecule has 0 saturated heterocycles. The van der Waals surface area contributed by atoms with Crippen molar-refractivity contribution in [1.82, 2.24) is 15.0 Å². The van der Waals surface area contributed by atoms with Gasteiger partial charge in [-0.05, 0) is 35.9 Å². The molecule has 0 spiro atoms. The van der Waals surface area contributed by atoms with Gasteiger partial charge in [-0.2, -0.15) is 0 Å². The maximum absolute atomic E-state index is 11.2. The lowest BCUT2D eigenvalue weighted by Gasteiger charge is -2.06. The molecule has 0 unspecified atom stereocenters. The fourth-order valence-electron chi connectivity index (χ4n) is 2.17. The van der Waals surface area contributed by atoms with Gasteiger partial charge >= 0.3 is 0 Å². The summed E-state index contributed by atoms with van der Waals surface area (Å²) in [4.78, 5) is 15.6. The van der Waals surface area contributed by atoms with E-state index in [1.54, 1.807) is 23.8 Å². The molecule has 20 heavy (non-hydrogen) atoms. The molecule has 3 rings (SSSR count). The molecule has 0 fully saturated rings. The molecular weight excluding hydrogens is 254 g/mol. The molecule has 0 aliphatic rings. The molecule has 100 valence electrons. The van der Waals surface area contributed by atoms with Crippen molar-refractivity contribution >= 4 is 16.9 Å². The second-order valence-electron chi connectivity index (χ2n) is 4.50. The Morgan fingerprint density at radius 2 is 2.00 bits per heavy atom. The highest BCUT2D eigenvalue weighted by Crippen LogP contribution is 2.14. The van der Waals surface area contributed by atoms with Crippen molar-refractivity contribution in [3.63, 3.8) is 0 Å². The zero-order chi connectivity index (χ0) is 13.9. The molecule has 1 amide bonds. The number of hydrogen-bond acceptors (Lipinski definition) is 3. The van der Waals surface area contributed by atoms with Crippen LogP contribution in [0, 0.1) is 0 Å². The van der Waals surface area contributed by atoms with Crippen LogP contribution in [0.5, 0.6) is 0 Å². The highest BCUT2D eigenvalue weighted by Gasteiger charge is 2.05. The number of nitrogens with one attached hydrogen (secondary N) is 1. The molecule has 2 aromatic heterocycles.